The van der Waals surface area contributed by atoms with Crippen LogP contribution in [0, 0.1) is 0 Å². The first-order valence-corrected chi connectivity index (χ1v) is 4.50. The van der Waals surface area contributed by atoms with Gasteiger partial charge in [-0.1, -0.05) is 6.92 Å². The first-order valence-electron chi connectivity index (χ1n) is 4.50. The molecule has 0 spiro atoms. The van der Waals surface area contributed by atoms with Gasteiger partial charge in [0.15, 0.2) is 0 Å². The number of halogens is 3. The van der Waals surface area contributed by atoms with Crippen LogP contribution in [0.4, 0.5) is 13.2 Å². The smallest absolute Gasteiger partial charge is 0.342 e. The molecule has 0 aliphatic carbocycles. The third kappa shape index (κ3) is 2.84. The molecular formula is C8H11F3N2O2. The second-order valence-corrected chi connectivity index (χ2v) is 3.32. The number of alkyl halides is 3. The molecule has 1 aliphatic rings. The van der Waals surface area contributed by atoms with E-state index in [1.54, 1.807) is 6.92 Å². The highest BCUT2D eigenvalue weighted by molar-refractivity contribution is 5.82. The molecule has 4 nitrogen and oxygen atoms in total. The van der Waals surface area contributed by atoms with Crippen LogP contribution in [0.5, 0.6) is 0 Å². The fraction of sp³-hybridized carbons (Fsp3) is 0.750. The number of rotatable bonds is 2. The van der Waals surface area contributed by atoms with Gasteiger partial charge in [-0.2, -0.15) is 13.2 Å². The fourth-order valence-electron chi connectivity index (χ4n) is 1.26. The SMILES string of the molecule is CCC(=O)N1CC(NC(=O)C(F)(F)F)C1. The molecule has 1 fully saturated rings. The average molecular weight is 224 g/mol. The standard InChI is InChI=1S/C8H11F3N2O2/c1-2-6(14)13-3-5(4-13)12-7(15)8(9,10)11/h5H,2-4H2,1H3,(H,12,15). The van der Waals surface area contributed by atoms with Crippen LogP contribution in [0.1, 0.15) is 13.3 Å². The number of nitrogens with zero attached hydrogens (tertiary/aromatic N) is 1. The Bertz CT molecular complexity index is 272. The largest absolute Gasteiger partial charge is 0.471 e. The van der Waals surface area contributed by atoms with Gasteiger partial charge >= 0.3 is 12.1 Å². The minimum Gasteiger partial charge on any atom is -0.342 e. The first-order chi connectivity index (χ1) is 6.84. The maximum atomic E-state index is 11.8. The number of carbonyl (C=O) groups excluding carboxylic acids is 2. The second kappa shape index (κ2) is 4.08. The molecule has 1 heterocycles. The Balaban J connectivity index is 2.29. The van der Waals surface area contributed by atoms with Gasteiger partial charge in [0, 0.05) is 19.5 Å². The van der Waals surface area contributed by atoms with Gasteiger partial charge < -0.3 is 10.2 Å². The lowest BCUT2D eigenvalue weighted by atomic mass is 10.1. The van der Waals surface area contributed by atoms with E-state index in [4.69, 9.17) is 0 Å². The minimum atomic E-state index is -4.85. The van der Waals surface area contributed by atoms with Gasteiger partial charge in [0.05, 0.1) is 6.04 Å². The van der Waals surface area contributed by atoms with Crippen molar-refractivity contribution in [2.75, 3.05) is 13.1 Å². The van der Waals surface area contributed by atoms with Crippen molar-refractivity contribution >= 4 is 11.8 Å². The zero-order valence-electron chi connectivity index (χ0n) is 8.10. The van der Waals surface area contributed by atoms with E-state index >= 15 is 0 Å². The summed E-state index contributed by atoms with van der Waals surface area (Å²) < 4.78 is 35.4. The topological polar surface area (TPSA) is 49.4 Å². The Hall–Kier alpha value is -1.27. The van der Waals surface area contributed by atoms with Gasteiger partial charge in [-0.05, 0) is 0 Å². The normalized spacial score (nSPS) is 17.2. The summed E-state index contributed by atoms with van der Waals surface area (Å²) in [6.45, 7) is 1.99. The molecule has 0 aromatic heterocycles. The summed E-state index contributed by atoms with van der Waals surface area (Å²) in [5, 5.41) is 1.81. The molecule has 0 bridgehead atoms. The fourth-order valence-corrected chi connectivity index (χ4v) is 1.26. The molecule has 1 saturated heterocycles. The highest BCUT2D eigenvalue weighted by Gasteiger charge is 2.42. The van der Waals surface area contributed by atoms with Crippen molar-refractivity contribution in [3.05, 3.63) is 0 Å². The lowest BCUT2D eigenvalue weighted by Gasteiger charge is -2.39. The van der Waals surface area contributed by atoms with Crippen molar-refractivity contribution in [3.63, 3.8) is 0 Å². The Kier molecular flexibility index (Phi) is 3.21. The molecule has 0 aromatic rings. The molecule has 86 valence electrons. The maximum absolute atomic E-state index is 11.8. The van der Waals surface area contributed by atoms with Crippen LogP contribution in [0.3, 0.4) is 0 Å². The summed E-state index contributed by atoms with van der Waals surface area (Å²) in [5.41, 5.74) is 0. The van der Waals surface area contributed by atoms with Crippen molar-refractivity contribution < 1.29 is 22.8 Å². The molecule has 1 N–H and O–H groups in total. The molecule has 0 unspecified atom stereocenters. The summed E-state index contributed by atoms with van der Waals surface area (Å²) in [6.07, 6.45) is -4.53. The van der Waals surface area contributed by atoms with Gasteiger partial charge in [0.1, 0.15) is 0 Å². The van der Waals surface area contributed by atoms with E-state index in [0.717, 1.165) is 0 Å². The molecule has 0 saturated carbocycles. The van der Waals surface area contributed by atoms with Crippen molar-refractivity contribution in [1.82, 2.24) is 10.2 Å². The monoisotopic (exact) mass is 224 g/mol. The molecule has 0 aromatic carbocycles. The predicted octanol–water partition coefficient (Wildman–Crippen LogP) is 0.286. The quantitative estimate of drug-likeness (QED) is 0.732. The highest BCUT2D eigenvalue weighted by Crippen LogP contribution is 2.16. The number of nitrogens with one attached hydrogen (secondary N) is 1. The highest BCUT2D eigenvalue weighted by atomic mass is 19.4. The van der Waals surface area contributed by atoms with Gasteiger partial charge in [-0.3, -0.25) is 9.59 Å². The van der Waals surface area contributed by atoms with Crippen LogP contribution >= 0.6 is 0 Å². The molecule has 1 aliphatic heterocycles. The molecule has 0 radical (unpaired) electrons. The van der Waals surface area contributed by atoms with E-state index in [9.17, 15) is 22.8 Å². The van der Waals surface area contributed by atoms with E-state index < -0.39 is 18.1 Å². The van der Waals surface area contributed by atoms with E-state index in [0.29, 0.717) is 6.42 Å². The van der Waals surface area contributed by atoms with Gasteiger partial charge in [0.25, 0.3) is 0 Å². The molecule has 0 atom stereocenters. The lowest BCUT2D eigenvalue weighted by Crippen LogP contribution is -2.62. The van der Waals surface area contributed by atoms with Crippen molar-refractivity contribution in [2.45, 2.75) is 25.6 Å². The van der Waals surface area contributed by atoms with Crippen LogP contribution in [-0.2, 0) is 9.59 Å². The Morgan fingerprint density at radius 1 is 1.40 bits per heavy atom. The van der Waals surface area contributed by atoms with Gasteiger partial charge in [0.2, 0.25) is 5.91 Å². The summed E-state index contributed by atoms with van der Waals surface area (Å²) in [5.74, 6) is -2.07. The lowest BCUT2D eigenvalue weighted by molar-refractivity contribution is -0.175. The van der Waals surface area contributed by atoms with Crippen molar-refractivity contribution in [3.8, 4) is 0 Å². The first kappa shape index (κ1) is 11.8. The Morgan fingerprint density at radius 3 is 2.33 bits per heavy atom. The van der Waals surface area contributed by atoms with Gasteiger partial charge in [-0.15, -0.1) is 0 Å². The summed E-state index contributed by atoms with van der Waals surface area (Å²) in [4.78, 5) is 22.9. The number of hydrogen-bond donors (Lipinski definition) is 1. The third-order valence-corrected chi connectivity index (χ3v) is 2.13. The molecular weight excluding hydrogens is 213 g/mol. The van der Waals surface area contributed by atoms with E-state index in [1.165, 1.54) is 4.90 Å². The molecule has 15 heavy (non-hydrogen) atoms. The van der Waals surface area contributed by atoms with E-state index in [-0.39, 0.29) is 19.0 Å². The maximum Gasteiger partial charge on any atom is 0.471 e. The van der Waals surface area contributed by atoms with E-state index in [1.807, 2.05) is 5.32 Å². The van der Waals surface area contributed by atoms with Crippen molar-refractivity contribution in [2.24, 2.45) is 0 Å². The molecule has 1 rings (SSSR count). The number of amides is 2. The van der Waals surface area contributed by atoms with Crippen LogP contribution in [0.15, 0.2) is 0 Å². The van der Waals surface area contributed by atoms with Crippen LogP contribution in [0.25, 0.3) is 0 Å². The summed E-state index contributed by atoms with van der Waals surface area (Å²) in [6, 6.07) is -0.574. The predicted molar refractivity (Wildman–Crippen MR) is 44.9 cm³/mol. The van der Waals surface area contributed by atoms with Crippen LogP contribution in [0.2, 0.25) is 0 Å². The van der Waals surface area contributed by atoms with Crippen LogP contribution < -0.4 is 5.32 Å². The summed E-state index contributed by atoms with van der Waals surface area (Å²) >= 11 is 0. The zero-order valence-corrected chi connectivity index (χ0v) is 8.10. The summed E-state index contributed by atoms with van der Waals surface area (Å²) in [7, 11) is 0. The molecule has 2 amide bonds. The molecule has 7 heteroatoms. The number of hydrogen-bond acceptors (Lipinski definition) is 2. The second-order valence-electron chi connectivity index (χ2n) is 3.32. The number of likely N-dealkylation sites (tertiary alicyclic amines) is 1. The third-order valence-electron chi connectivity index (χ3n) is 2.13. The van der Waals surface area contributed by atoms with Crippen LogP contribution in [-0.4, -0.2) is 42.0 Å². The Morgan fingerprint density at radius 2 is 1.93 bits per heavy atom. The van der Waals surface area contributed by atoms with Crippen molar-refractivity contribution in [1.29, 1.82) is 0 Å². The van der Waals surface area contributed by atoms with Gasteiger partial charge in [-0.25, -0.2) is 0 Å². The van der Waals surface area contributed by atoms with E-state index in [2.05, 4.69) is 0 Å². The minimum absolute atomic E-state index is 0.118. The number of carbonyl (C=O) groups is 2. The average Bonchev–Trinajstić information content (AvgIpc) is 2.07. The Labute approximate surface area is 84.4 Å². The zero-order chi connectivity index (χ0) is 11.6.